The van der Waals surface area contributed by atoms with E-state index in [1.807, 2.05) is 0 Å². The van der Waals surface area contributed by atoms with Crippen molar-refractivity contribution in [2.24, 2.45) is 11.8 Å². The van der Waals surface area contributed by atoms with Gasteiger partial charge in [0, 0.05) is 12.5 Å². The first kappa shape index (κ1) is 25.3. The summed E-state index contributed by atoms with van der Waals surface area (Å²) in [5.41, 5.74) is 1.33. The number of rotatable bonds is 6. The zero-order valence-electron chi connectivity index (χ0n) is 18.8. The van der Waals surface area contributed by atoms with Crippen molar-refractivity contribution in [1.29, 1.82) is 0 Å². The average molecular weight is 514 g/mol. The zero-order valence-corrected chi connectivity index (χ0v) is 19.6. The van der Waals surface area contributed by atoms with Crippen LogP contribution < -0.4 is 4.74 Å². The minimum atomic E-state index is -4.43. The molecule has 1 aliphatic carbocycles. The number of sulfonamides is 1. The molecule has 0 spiro atoms. The number of halogens is 3. The Kier molecular flexibility index (Phi) is 7.27. The van der Waals surface area contributed by atoms with Gasteiger partial charge in [-0.25, -0.2) is 13.2 Å². The van der Waals surface area contributed by atoms with E-state index in [1.165, 1.54) is 24.3 Å². The molecule has 11 heteroatoms. The van der Waals surface area contributed by atoms with Crippen LogP contribution in [0.5, 0.6) is 5.75 Å². The fraction of sp³-hybridized carbons (Fsp3) is 0.458. The van der Waals surface area contributed by atoms with Gasteiger partial charge in [0.15, 0.2) is 12.8 Å². The van der Waals surface area contributed by atoms with Crippen molar-refractivity contribution in [3.63, 3.8) is 0 Å². The van der Waals surface area contributed by atoms with Crippen LogP contribution in [0.4, 0.5) is 18.0 Å². The summed E-state index contributed by atoms with van der Waals surface area (Å²) in [6.07, 6.45) is -2.72. The molecule has 2 aliphatic rings. The Morgan fingerprint density at radius 2 is 1.57 bits per heavy atom. The van der Waals surface area contributed by atoms with Crippen molar-refractivity contribution >= 4 is 16.2 Å². The summed E-state index contributed by atoms with van der Waals surface area (Å²) in [7, 11) is -4.02. The molecule has 1 heterocycles. The Hall–Kier alpha value is -2.79. The maximum Gasteiger partial charge on any atom is 0.507 e. The molecular formula is C24H26F3NO6S. The summed E-state index contributed by atoms with van der Waals surface area (Å²) in [6.45, 7) is -1.20. The summed E-state index contributed by atoms with van der Waals surface area (Å²) in [4.78, 5) is 11.4. The van der Waals surface area contributed by atoms with Crippen LogP contribution in [0, 0.1) is 11.8 Å². The number of benzene rings is 2. The number of piperidine rings is 1. The van der Waals surface area contributed by atoms with Gasteiger partial charge in [-0.05, 0) is 60.6 Å². The molecule has 2 aromatic rings. The normalized spacial score (nSPS) is 23.3. The van der Waals surface area contributed by atoms with E-state index in [9.17, 15) is 31.5 Å². The second-order valence-corrected chi connectivity index (χ2v) is 10.7. The molecule has 7 nitrogen and oxygen atoms in total. The van der Waals surface area contributed by atoms with Crippen molar-refractivity contribution < 1.29 is 41.0 Å². The molecule has 0 bridgehead atoms. The highest BCUT2D eigenvalue weighted by molar-refractivity contribution is 7.89. The fourth-order valence-corrected chi connectivity index (χ4v) is 6.54. The molecule has 1 saturated heterocycles. The summed E-state index contributed by atoms with van der Waals surface area (Å²) in [5.74, 6) is 0.145. The highest BCUT2D eigenvalue weighted by Crippen LogP contribution is 2.42. The van der Waals surface area contributed by atoms with Gasteiger partial charge in [-0.2, -0.15) is 17.5 Å². The van der Waals surface area contributed by atoms with Crippen LogP contribution in [0.1, 0.15) is 32.1 Å². The van der Waals surface area contributed by atoms with E-state index in [2.05, 4.69) is 0 Å². The molecule has 0 radical (unpaired) electrons. The topological polar surface area (TPSA) is 93.1 Å². The van der Waals surface area contributed by atoms with E-state index in [4.69, 9.17) is 9.47 Å². The lowest BCUT2D eigenvalue weighted by atomic mass is 9.74. The summed E-state index contributed by atoms with van der Waals surface area (Å²) in [5, 5.41) is 9.26. The van der Waals surface area contributed by atoms with Crippen molar-refractivity contribution in [2.75, 3.05) is 13.2 Å². The zero-order chi connectivity index (χ0) is 25.2. The van der Waals surface area contributed by atoms with Crippen LogP contribution in [0.3, 0.4) is 0 Å². The summed E-state index contributed by atoms with van der Waals surface area (Å²) < 4.78 is 74.8. The van der Waals surface area contributed by atoms with Crippen LogP contribution in [-0.4, -0.2) is 49.5 Å². The van der Waals surface area contributed by atoms with Crippen molar-refractivity contribution in [1.82, 2.24) is 4.31 Å². The van der Waals surface area contributed by atoms with Gasteiger partial charge in [-0.15, -0.1) is 0 Å². The molecule has 0 amide bonds. The second-order valence-electron chi connectivity index (χ2n) is 8.84. The monoisotopic (exact) mass is 513 g/mol. The summed E-state index contributed by atoms with van der Waals surface area (Å²) >= 11 is 0. The molecule has 35 heavy (non-hydrogen) atoms. The van der Waals surface area contributed by atoms with Gasteiger partial charge in [0.25, 0.3) is 0 Å². The second kappa shape index (κ2) is 10.1. The van der Waals surface area contributed by atoms with Gasteiger partial charge in [0.2, 0.25) is 10.0 Å². The number of nitrogens with zero attached hydrogens (tertiary/aromatic N) is 1. The number of alkyl halides is 3. The van der Waals surface area contributed by atoms with Crippen molar-refractivity contribution in [3.05, 3.63) is 48.5 Å². The summed E-state index contributed by atoms with van der Waals surface area (Å²) in [6, 6.07) is 12.0. The van der Waals surface area contributed by atoms with Gasteiger partial charge in [0.1, 0.15) is 5.75 Å². The molecule has 1 saturated carbocycles. The van der Waals surface area contributed by atoms with E-state index in [1.54, 1.807) is 24.3 Å². The number of hydrogen-bond acceptors (Lipinski definition) is 5. The van der Waals surface area contributed by atoms with Crippen LogP contribution >= 0.6 is 0 Å². The van der Waals surface area contributed by atoms with Gasteiger partial charge >= 0.3 is 12.3 Å². The van der Waals surface area contributed by atoms with Gasteiger partial charge in [-0.3, -0.25) is 0 Å². The SMILES string of the molecule is O=C(O)OC1C2CCCCC2CCN1S(=O)(=O)c1ccc(-c2ccc(OCC(F)(F)F)cc2)cc1. The third-order valence-electron chi connectivity index (χ3n) is 6.61. The van der Waals surface area contributed by atoms with E-state index >= 15 is 0 Å². The van der Waals surface area contributed by atoms with E-state index in [-0.39, 0.29) is 29.0 Å². The third kappa shape index (κ3) is 5.90. The molecule has 0 aromatic heterocycles. The predicted molar refractivity (Wildman–Crippen MR) is 120 cm³/mol. The number of fused-ring (bicyclic) bond motifs is 1. The third-order valence-corrected chi connectivity index (χ3v) is 8.49. The molecule has 2 fully saturated rings. The molecule has 1 aliphatic heterocycles. The quantitative estimate of drug-likeness (QED) is 0.512. The lowest BCUT2D eigenvalue weighted by Crippen LogP contribution is -2.54. The van der Waals surface area contributed by atoms with E-state index in [0.29, 0.717) is 17.5 Å². The highest BCUT2D eigenvalue weighted by Gasteiger charge is 2.46. The Morgan fingerprint density at radius 3 is 2.17 bits per heavy atom. The largest absolute Gasteiger partial charge is 0.507 e. The van der Waals surface area contributed by atoms with Crippen LogP contribution in [-0.2, 0) is 14.8 Å². The molecular weight excluding hydrogens is 487 g/mol. The number of carbonyl (C=O) groups is 1. The maximum absolute atomic E-state index is 13.4. The first-order chi connectivity index (χ1) is 16.5. The van der Waals surface area contributed by atoms with Gasteiger partial charge in [-0.1, -0.05) is 37.1 Å². The van der Waals surface area contributed by atoms with Crippen LogP contribution in [0.25, 0.3) is 11.1 Å². The predicted octanol–water partition coefficient (Wildman–Crippen LogP) is 5.52. The minimum Gasteiger partial charge on any atom is -0.484 e. The van der Waals surface area contributed by atoms with Gasteiger partial charge < -0.3 is 14.6 Å². The van der Waals surface area contributed by atoms with Crippen LogP contribution in [0.2, 0.25) is 0 Å². The molecule has 4 rings (SSSR count). The maximum atomic E-state index is 13.4. The Balaban J connectivity index is 1.52. The Bertz CT molecular complexity index is 1140. The first-order valence-corrected chi connectivity index (χ1v) is 12.8. The minimum absolute atomic E-state index is 0.0135. The number of ether oxygens (including phenoxy) is 2. The average Bonchev–Trinajstić information content (AvgIpc) is 2.82. The highest BCUT2D eigenvalue weighted by atomic mass is 32.2. The standard InChI is InChI=1S/C24H26F3NO6S/c25-24(26,27)15-33-19-9-5-16(6-10-19)17-7-11-20(12-8-17)35(31,32)28-14-13-18-3-1-2-4-21(18)22(28)34-23(29)30/h5-12,18,21-22H,1-4,13-15H2,(H,29,30). The van der Waals surface area contributed by atoms with E-state index in [0.717, 1.165) is 30.0 Å². The van der Waals surface area contributed by atoms with E-state index < -0.39 is 35.2 Å². The number of carboxylic acid groups (broad SMARTS) is 1. The first-order valence-electron chi connectivity index (χ1n) is 11.4. The van der Waals surface area contributed by atoms with Crippen molar-refractivity contribution in [2.45, 2.75) is 49.4 Å². The smallest absolute Gasteiger partial charge is 0.484 e. The van der Waals surface area contributed by atoms with Gasteiger partial charge in [0.05, 0.1) is 4.90 Å². The molecule has 3 atom stereocenters. The lowest BCUT2D eigenvalue weighted by molar-refractivity contribution is -0.153. The van der Waals surface area contributed by atoms with Crippen LogP contribution in [0.15, 0.2) is 53.4 Å². The Labute approximate surface area is 201 Å². The number of hydrogen-bond donors (Lipinski definition) is 1. The fourth-order valence-electron chi connectivity index (χ4n) is 4.97. The lowest BCUT2D eigenvalue weighted by Gasteiger charge is -2.45. The molecule has 1 N–H and O–H groups in total. The molecule has 2 aromatic carbocycles. The Morgan fingerprint density at radius 1 is 0.971 bits per heavy atom. The van der Waals surface area contributed by atoms with Crippen molar-refractivity contribution in [3.8, 4) is 16.9 Å². The molecule has 3 unspecified atom stereocenters. The molecule has 190 valence electrons.